The van der Waals surface area contributed by atoms with Crippen molar-refractivity contribution in [1.82, 2.24) is 14.2 Å². The zero-order chi connectivity index (χ0) is 21.5. The van der Waals surface area contributed by atoms with E-state index in [-0.39, 0.29) is 35.9 Å². The second-order valence-electron chi connectivity index (χ2n) is 7.52. The standard InChI is InChI=1S/C20H22N4O5S/c21-16(10-13-3-1-4-14(25)9-13)20(27)23-8-6-17-19(23)18(26)12-24(17)30(28,29)15-5-2-7-22-11-15/h1-5,7,9,11,16-17,19,25H,6,8,10,12,21H2. The van der Waals surface area contributed by atoms with Crippen molar-refractivity contribution in [3.8, 4) is 5.75 Å². The minimum atomic E-state index is -3.90. The van der Waals surface area contributed by atoms with Gasteiger partial charge in [0, 0.05) is 18.9 Å². The fourth-order valence-electron chi connectivity index (χ4n) is 4.21. The average molecular weight is 430 g/mol. The summed E-state index contributed by atoms with van der Waals surface area (Å²) >= 11 is 0. The number of hydrogen-bond donors (Lipinski definition) is 2. The molecule has 2 saturated heterocycles. The molecule has 2 aromatic rings. The van der Waals surface area contributed by atoms with Crippen LogP contribution >= 0.6 is 0 Å². The van der Waals surface area contributed by atoms with Gasteiger partial charge in [0.15, 0.2) is 5.78 Å². The van der Waals surface area contributed by atoms with Gasteiger partial charge >= 0.3 is 0 Å². The molecule has 3 heterocycles. The van der Waals surface area contributed by atoms with Crippen LogP contribution in [0.25, 0.3) is 0 Å². The van der Waals surface area contributed by atoms with Gasteiger partial charge in [-0.2, -0.15) is 4.31 Å². The summed E-state index contributed by atoms with van der Waals surface area (Å²) in [7, 11) is -3.90. The van der Waals surface area contributed by atoms with Gasteiger partial charge in [0.25, 0.3) is 0 Å². The van der Waals surface area contributed by atoms with Crippen LogP contribution < -0.4 is 5.73 Å². The Labute approximate surface area is 174 Å². The van der Waals surface area contributed by atoms with Gasteiger partial charge in [-0.05, 0) is 42.7 Å². The molecule has 1 aromatic carbocycles. The molecular formula is C20H22N4O5S. The molecule has 1 amide bonds. The Kier molecular flexibility index (Phi) is 5.31. The van der Waals surface area contributed by atoms with Crippen LogP contribution in [0.5, 0.6) is 5.75 Å². The summed E-state index contributed by atoms with van der Waals surface area (Å²) in [6, 6.07) is 7.08. The molecule has 0 aliphatic carbocycles. The molecule has 158 valence electrons. The van der Waals surface area contributed by atoms with Crippen molar-refractivity contribution in [2.24, 2.45) is 5.73 Å². The molecule has 0 bridgehead atoms. The number of phenolic OH excluding ortho intramolecular Hbond substituents is 1. The summed E-state index contributed by atoms with van der Waals surface area (Å²) in [6.07, 6.45) is 3.28. The number of carbonyl (C=O) groups is 2. The molecule has 4 rings (SSSR count). The monoisotopic (exact) mass is 430 g/mol. The third-order valence-electron chi connectivity index (χ3n) is 5.58. The van der Waals surface area contributed by atoms with Crippen LogP contribution in [0.2, 0.25) is 0 Å². The highest BCUT2D eigenvalue weighted by Gasteiger charge is 2.54. The van der Waals surface area contributed by atoms with Crippen LogP contribution in [0.15, 0.2) is 53.7 Å². The van der Waals surface area contributed by atoms with Crippen LogP contribution in [-0.4, -0.2) is 70.6 Å². The second-order valence-corrected chi connectivity index (χ2v) is 9.41. The predicted octanol–water partition coefficient (Wildman–Crippen LogP) is -0.0999. The van der Waals surface area contributed by atoms with E-state index >= 15 is 0 Å². The summed E-state index contributed by atoms with van der Waals surface area (Å²) in [6.45, 7) is -0.0230. The Balaban J connectivity index is 1.52. The number of carbonyl (C=O) groups excluding carboxylic acids is 2. The Morgan fingerprint density at radius 2 is 2.10 bits per heavy atom. The lowest BCUT2D eigenvalue weighted by molar-refractivity contribution is -0.137. The highest BCUT2D eigenvalue weighted by molar-refractivity contribution is 7.89. The second kappa shape index (κ2) is 7.78. The van der Waals surface area contributed by atoms with E-state index in [9.17, 15) is 23.1 Å². The number of likely N-dealkylation sites (tertiary alicyclic amines) is 1. The number of sulfonamides is 1. The molecule has 0 radical (unpaired) electrons. The highest BCUT2D eigenvalue weighted by Crippen LogP contribution is 2.34. The van der Waals surface area contributed by atoms with Crippen LogP contribution in [0.1, 0.15) is 12.0 Å². The number of rotatable bonds is 5. The first-order chi connectivity index (χ1) is 14.3. The van der Waals surface area contributed by atoms with Gasteiger partial charge < -0.3 is 15.7 Å². The number of Topliss-reactive ketones (excluding diaryl/α,β-unsaturated/α-hetero) is 1. The first-order valence-corrected chi connectivity index (χ1v) is 11.0. The molecule has 0 spiro atoms. The third-order valence-corrected chi connectivity index (χ3v) is 7.44. The first kappa shape index (κ1) is 20.5. The minimum absolute atomic E-state index is 0.0174. The number of hydrogen-bond acceptors (Lipinski definition) is 7. The van der Waals surface area contributed by atoms with Gasteiger partial charge in [0.2, 0.25) is 15.9 Å². The number of benzene rings is 1. The molecule has 3 atom stereocenters. The number of phenols is 1. The average Bonchev–Trinajstić information content (AvgIpc) is 3.30. The summed E-state index contributed by atoms with van der Waals surface area (Å²) in [5.74, 6) is -0.640. The lowest BCUT2D eigenvalue weighted by Crippen LogP contribution is -2.50. The molecule has 9 nitrogen and oxygen atoms in total. The Morgan fingerprint density at radius 1 is 1.30 bits per heavy atom. The van der Waals surface area contributed by atoms with Crippen molar-refractivity contribution in [3.05, 3.63) is 54.4 Å². The Bertz CT molecular complexity index is 1080. The smallest absolute Gasteiger partial charge is 0.245 e. The molecule has 3 unspecified atom stereocenters. The van der Waals surface area contributed by atoms with Crippen molar-refractivity contribution in [1.29, 1.82) is 0 Å². The third kappa shape index (κ3) is 3.57. The molecule has 30 heavy (non-hydrogen) atoms. The van der Waals surface area contributed by atoms with Gasteiger partial charge in [0.05, 0.1) is 18.6 Å². The van der Waals surface area contributed by atoms with Crippen LogP contribution in [-0.2, 0) is 26.0 Å². The molecule has 2 aliphatic heterocycles. The van der Waals surface area contributed by atoms with Crippen molar-refractivity contribution in [2.45, 2.75) is 35.9 Å². The first-order valence-electron chi connectivity index (χ1n) is 9.57. The number of ketones is 1. The molecule has 10 heteroatoms. The molecule has 2 aliphatic rings. The lowest BCUT2D eigenvalue weighted by atomic mass is 10.0. The number of pyridine rings is 1. The maximum atomic E-state index is 13.0. The van der Waals surface area contributed by atoms with Crippen LogP contribution in [0, 0.1) is 0 Å². The Morgan fingerprint density at radius 3 is 2.80 bits per heavy atom. The maximum Gasteiger partial charge on any atom is 0.245 e. The maximum absolute atomic E-state index is 13.0. The van der Waals surface area contributed by atoms with E-state index in [0.717, 1.165) is 0 Å². The zero-order valence-corrected chi connectivity index (χ0v) is 16.9. The SMILES string of the molecule is NC(Cc1cccc(O)c1)C(=O)N1CCC2C1C(=O)CN2S(=O)(=O)c1cccnc1. The summed E-state index contributed by atoms with van der Waals surface area (Å²) in [5.41, 5.74) is 6.79. The van der Waals surface area contributed by atoms with E-state index in [1.807, 2.05) is 0 Å². The van der Waals surface area contributed by atoms with Gasteiger partial charge in [-0.25, -0.2) is 8.42 Å². The molecule has 2 fully saturated rings. The molecule has 1 aromatic heterocycles. The van der Waals surface area contributed by atoms with E-state index in [0.29, 0.717) is 12.0 Å². The van der Waals surface area contributed by atoms with Crippen molar-refractivity contribution in [3.63, 3.8) is 0 Å². The van der Waals surface area contributed by atoms with Crippen molar-refractivity contribution in [2.75, 3.05) is 13.1 Å². The zero-order valence-electron chi connectivity index (χ0n) is 16.1. The number of fused-ring (bicyclic) bond motifs is 1. The fourth-order valence-corrected chi connectivity index (χ4v) is 5.80. The number of aromatic nitrogens is 1. The van der Waals surface area contributed by atoms with E-state index in [1.54, 1.807) is 12.1 Å². The topological polar surface area (TPSA) is 134 Å². The largest absolute Gasteiger partial charge is 0.508 e. The van der Waals surface area contributed by atoms with E-state index in [1.165, 1.54) is 45.9 Å². The van der Waals surface area contributed by atoms with Gasteiger partial charge in [0.1, 0.15) is 16.7 Å². The van der Waals surface area contributed by atoms with Gasteiger partial charge in [-0.15, -0.1) is 0 Å². The number of amides is 1. The number of nitrogens with zero attached hydrogens (tertiary/aromatic N) is 3. The predicted molar refractivity (Wildman–Crippen MR) is 107 cm³/mol. The van der Waals surface area contributed by atoms with Gasteiger partial charge in [-0.1, -0.05) is 12.1 Å². The summed E-state index contributed by atoms with van der Waals surface area (Å²) in [5, 5.41) is 9.59. The van der Waals surface area contributed by atoms with Crippen molar-refractivity contribution >= 4 is 21.7 Å². The normalized spacial score (nSPS) is 22.8. The summed E-state index contributed by atoms with van der Waals surface area (Å²) in [4.78, 5) is 30.9. The Hall–Kier alpha value is -2.82. The van der Waals surface area contributed by atoms with Gasteiger partial charge in [-0.3, -0.25) is 14.6 Å². The molecule has 0 saturated carbocycles. The number of nitrogens with two attached hydrogens (primary N) is 1. The fraction of sp³-hybridized carbons (Fsp3) is 0.350. The van der Waals surface area contributed by atoms with E-state index in [2.05, 4.69) is 4.98 Å². The molecule has 3 N–H and O–H groups in total. The minimum Gasteiger partial charge on any atom is -0.508 e. The van der Waals surface area contributed by atoms with E-state index in [4.69, 9.17) is 5.73 Å². The van der Waals surface area contributed by atoms with Crippen LogP contribution in [0.3, 0.4) is 0 Å². The summed E-state index contributed by atoms with van der Waals surface area (Å²) < 4.78 is 27.1. The van der Waals surface area contributed by atoms with Crippen LogP contribution in [0.4, 0.5) is 0 Å². The van der Waals surface area contributed by atoms with Crippen molar-refractivity contribution < 1.29 is 23.1 Å². The number of aromatic hydroxyl groups is 1. The molecular weight excluding hydrogens is 408 g/mol. The highest BCUT2D eigenvalue weighted by atomic mass is 32.2. The lowest BCUT2D eigenvalue weighted by Gasteiger charge is -2.26. The van der Waals surface area contributed by atoms with E-state index < -0.39 is 34.1 Å². The quantitative estimate of drug-likeness (QED) is 0.676.